The average molecular weight is 471 g/mol. The van der Waals surface area contributed by atoms with E-state index in [2.05, 4.69) is 52.5 Å². The van der Waals surface area contributed by atoms with Crippen LogP contribution < -0.4 is 0 Å². The Balaban J connectivity index is 1.68. The van der Waals surface area contributed by atoms with Crippen molar-refractivity contribution in [2.75, 3.05) is 0 Å². The molecule has 0 amide bonds. The summed E-state index contributed by atoms with van der Waals surface area (Å²) in [7, 11) is 0. The predicted molar refractivity (Wildman–Crippen MR) is 135 cm³/mol. The monoisotopic (exact) mass is 470 g/mol. The van der Waals surface area contributed by atoms with Gasteiger partial charge in [-0.05, 0) is 75.5 Å². The lowest BCUT2D eigenvalue weighted by Crippen LogP contribution is -2.56. The van der Waals surface area contributed by atoms with Crippen molar-refractivity contribution in [1.82, 2.24) is 0 Å². The van der Waals surface area contributed by atoms with Crippen LogP contribution in [0.25, 0.3) is 0 Å². The Morgan fingerprint density at radius 2 is 1.71 bits per heavy atom. The second-order valence-corrected chi connectivity index (χ2v) is 13.7. The molecule has 6 atom stereocenters. The summed E-state index contributed by atoms with van der Waals surface area (Å²) in [5.74, 6) is 1.87. The van der Waals surface area contributed by atoms with Crippen molar-refractivity contribution in [3.63, 3.8) is 0 Å². The average Bonchev–Trinajstić information content (AvgIpc) is 3.05. The van der Waals surface area contributed by atoms with Gasteiger partial charge in [-0.1, -0.05) is 64.8 Å². The molecular formula is C30H46O4. The zero-order valence-electron chi connectivity index (χ0n) is 22.7. The number of allylic oxidation sites excluding steroid dienone is 3. The van der Waals surface area contributed by atoms with Gasteiger partial charge in [0.2, 0.25) is 0 Å². The van der Waals surface area contributed by atoms with E-state index in [-0.39, 0.29) is 21.7 Å². The highest BCUT2D eigenvalue weighted by Gasteiger charge is 2.66. The smallest absolute Gasteiger partial charge is 0.143 e. The van der Waals surface area contributed by atoms with Gasteiger partial charge in [0.15, 0.2) is 0 Å². The van der Waals surface area contributed by atoms with Crippen LogP contribution in [0.15, 0.2) is 23.3 Å². The number of hydrogen-bond donors (Lipinski definition) is 1. The molecule has 1 N–H and O–H groups in total. The molecular weight excluding hydrogens is 424 g/mol. The summed E-state index contributed by atoms with van der Waals surface area (Å²) in [4.78, 5) is 31.5. The normalized spacial score (nSPS) is 40.9. The molecule has 4 nitrogen and oxygen atoms in total. The molecule has 0 saturated heterocycles. The Morgan fingerprint density at radius 1 is 1.03 bits per heavy atom. The van der Waals surface area contributed by atoms with E-state index < -0.39 is 5.60 Å². The van der Waals surface area contributed by atoms with Crippen molar-refractivity contribution < 1.29 is 19.7 Å². The van der Waals surface area contributed by atoms with E-state index >= 15 is 0 Å². The second-order valence-electron chi connectivity index (χ2n) is 13.7. The third kappa shape index (κ3) is 3.45. The SMILES string of the molecule is CC(CC=CC(C)(C)OO)C1CCC2(C)C3=C(CC(=O)C12C)C1(C)CCC(=O)C(C)(C)C1CC3. The fraction of sp³-hybridized carbons (Fsp3) is 0.800. The quantitative estimate of drug-likeness (QED) is 0.259. The standard InChI is InChI=1S/C30H46O4/c1-19(10-9-15-26(2,3)34-33)20-13-17-29(7)21-11-12-23-27(4,5)24(31)14-16-28(23,6)22(21)18-25(32)30(20,29)8/h9,15,19-20,23,33H,10-14,16-18H2,1-8H3. The van der Waals surface area contributed by atoms with Crippen molar-refractivity contribution in [1.29, 1.82) is 0 Å². The van der Waals surface area contributed by atoms with Crippen LogP contribution in [-0.4, -0.2) is 22.4 Å². The van der Waals surface area contributed by atoms with Crippen LogP contribution in [0, 0.1) is 39.4 Å². The Bertz CT molecular complexity index is 939. The largest absolute Gasteiger partial charge is 0.299 e. The summed E-state index contributed by atoms with van der Waals surface area (Å²) < 4.78 is 0. The van der Waals surface area contributed by atoms with Crippen molar-refractivity contribution >= 4 is 11.6 Å². The minimum absolute atomic E-state index is 0.0344. The summed E-state index contributed by atoms with van der Waals surface area (Å²) >= 11 is 0. The summed E-state index contributed by atoms with van der Waals surface area (Å²) in [6.45, 7) is 17.2. The molecule has 4 heteroatoms. The maximum Gasteiger partial charge on any atom is 0.143 e. The van der Waals surface area contributed by atoms with Crippen molar-refractivity contribution in [2.45, 2.75) is 112 Å². The lowest BCUT2D eigenvalue weighted by atomic mass is 9.43. The third-order valence-electron chi connectivity index (χ3n) is 11.3. The zero-order chi connectivity index (χ0) is 25.3. The van der Waals surface area contributed by atoms with Crippen LogP contribution in [-0.2, 0) is 14.5 Å². The molecule has 2 fully saturated rings. The Hall–Kier alpha value is -1.26. The summed E-state index contributed by atoms with van der Waals surface area (Å²) in [5.41, 5.74) is 1.51. The number of ketones is 2. The van der Waals surface area contributed by atoms with Crippen LogP contribution in [0.2, 0.25) is 0 Å². The molecule has 0 bridgehead atoms. The van der Waals surface area contributed by atoms with E-state index in [0.29, 0.717) is 42.2 Å². The number of fused-ring (bicyclic) bond motifs is 4. The van der Waals surface area contributed by atoms with Gasteiger partial charge >= 0.3 is 0 Å². The van der Waals surface area contributed by atoms with Gasteiger partial charge in [-0.3, -0.25) is 14.8 Å². The van der Waals surface area contributed by atoms with E-state index in [1.165, 1.54) is 5.57 Å². The molecule has 0 heterocycles. The number of hydrogen-bond acceptors (Lipinski definition) is 4. The fourth-order valence-corrected chi connectivity index (χ4v) is 8.94. The van der Waals surface area contributed by atoms with E-state index in [9.17, 15) is 9.59 Å². The third-order valence-corrected chi connectivity index (χ3v) is 11.3. The lowest BCUT2D eigenvalue weighted by molar-refractivity contribution is -0.297. The maximum absolute atomic E-state index is 14.1. The Kier molecular flexibility index (Phi) is 6.17. The summed E-state index contributed by atoms with van der Waals surface area (Å²) in [5, 5.41) is 9.08. The maximum atomic E-state index is 14.1. The van der Waals surface area contributed by atoms with E-state index in [1.807, 2.05) is 19.9 Å². The van der Waals surface area contributed by atoms with Crippen molar-refractivity contribution in [3.05, 3.63) is 23.3 Å². The molecule has 0 aromatic rings. The first-order valence-electron chi connectivity index (χ1n) is 13.4. The van der Waals surface area contributed by atoms with Gasteiger partial charge in [0.05, 0.1) is 0 Å². The van der Waals surface area contributed by atoms with Gasteiger partial charge in [0.1, 0.15) is 17.2 Å². The fourth-order valence-electron chi connectivity index (χ4n) is 8.94. The van der Waals surface area contributed by atoms with Crippen LogP contribution in [0.3, 0.4) is 0 Å². The highest BCUT2D eigenvalue weighted by molar-refractivity contribution is 5.92. The first-order valence-corrected chi connectivity index (χ1v) is 13.4. The van der Waals surface area contributed by atoms with Crippen LogP contribution in [0.4, 0.5) is 0 Å². The second kappa shape index (κ2) is 8.13. The summed E-state index contributed by atoms with van der Waals surface area (Å²) in [6, 6.07) is 0. The van der Waals surface area contributed by atoms with Gasteiger partial charge in [-0.25, -0.2) is 4.89 Å². The van der Waals surface area contributed by atoms with E-state index in [4.69, 9.17) is 5.26 Å². The number of Topliss-reactive ketones (excluding diaryl/α,β-unsaturated/α-hetero) is 2. The Morgan fingerprint density at radius 3 is 2.35 bits per heavy atom. The van der Waals surface area contributed by atoms with E-state index in [0.717, 1.165) is 38.5 Å². The van der Waals surface area contributed by atoms with E-state index in [1.54, 1.807) is 5.57 Å². The number of rotatable bonds is 5. The lowest BCUT2D eigenvalue weighted by Gasteiger charge is -2.60. The van der Waals surface area contributed by atoms with Crippen LogP contribution in [0.5, 0.6) is 0 Å². The first-order chi connectivity index (χ1) is 15.6. The molecule has 34 heavy (non-hydrogen) atoms. The molecule has 0 aromatic heterocycles. The molecule has 4 aliphatic rings. The predicted octanol–water partition coefficient (Wildman–Crippen LogP) is 7.33. The highest BCUT2D eigenvalue weighted by atomic mass is 17.1. The molecule has 190 valence electrons. The first kappa shape index (κ1) is 25.8. The highest BCUT2D eigenvalue weighted by Crippen LogP contribution is 2.71. The van der Waals surface area contributed by atoms with Gasteiger partial charge in [-0.2, -0.15) is 0 Å². The van der Waals surface area contributed by atoms with Gasteiger partial charge in [0, 0.05) is 29.1 Å². The molecule has 0 spiro atoms. The topological polar surface area (TPSA) is 63.6 Å². The zero-order valence-corrected chi connectivity index (χ0v) is 22.7. The number of carbonyl (C=O) groups is 2. The van der Waals surface area contributed by atoms with Gasteiger partial charge in [0.25, 0.3) is 0 Å². The molecule has 6 unspecified atom stereocenters. The minimum Gasteiger partial charge on any atom is -0.299 e. The molecule has 0 aromatic carbocycles. The molecule has 0 aliphatic heterocycles. The minimum atomic E-state index is -0.697. The molecule has 2 saturated carbocycles. The van der Waals surface area contributed by atoms with Gasteiger partial charge < -0.3 is 0 Å². The van der Waals surface area contributed by atoms with Crippen molar-refractivity contribution in [2.24, 2.45) is 39.4 Å². The Labute approximate surface area is 206 Å². The number of carbonyl (C=O) groups excluding carboxylic acids is 2. The van der Waals surface area contributed by atoms with Crippen molar-refractivity contribution in [3.8, 4) is 0 Å². The van der Waals surface area contributed by atoms with Crippen LogP contribution >= 0.6 is 0 Å². The molecule has 0 radical (unpaired) electrons. The van der Waals surface area contributed by atoms with Gasteiger partial charge in [-0.15, -0.1) is 0 Å². The molecule has 4 aliphatic carbocycles. The molecule has 4 rings (SSSR count). The van der Waals surface area contributed by atoms with Crippen LogP contribution in [0.1, 0.15) is 107 Å². The summed E-state index contributed by atoms with van der Waals surface area (Å²) in [6.07, 6.45) is 11.2.